The number of hydrogen-bond acceptors (Lipinski definition) is 4. The molecule has 3 unspecified atom stereocenters. The van der Waals surface area contributed by atoms with Gasteiger partial charge in [-0.2, -0.15) is 0 Å². The van der Waals surface area contributed by atoms with Crippen LogP contribution >= 0.6 is 0 Å². The van der Waals surface area contributed by atoms with Gasteiger partial charge in [0.15, 0.2) is 0 Å². The van der Waals surface area contributed by atoms with Gasteiger partial charge in [-0.05, 0) is 18.3 Å². The summed E-state index contributed by atoms with van der Waals surface area (Å²) in [6.45, 7) is 4.15. The Bertz CT molecular complexity index is 376. The smallest absolute Gasteiger partial charge is 0.148 e. The summed E-state index contributed by atoms with van der Waals surface area (Å²) in [6.07, 6.45) is 2.97. The summed E-state index contributed by atoms with van der Waals surface area (Å²) in [7, 11) is -4.15. The summed E-state index contributed by atoms with van der Waals surface area (Å²) < 4.78 is 33.9. The molecule has 16 heavy (non-hydrogen) atoms. The molecular formula is C10H21NO3S2. The average Bonchev–Trinajstić information content (AvgIpc) is 2.38. The fourth-order valence-corrected chi connectivity index (χ4v) is 5.29. The summed E-state index contributed by atoms with van der Waals surface area (Å²) in [4.78, 5) is 0. The van der Waals surface area contributed by atoms with Crippen molar-refractivity contribution in [3.05, 3.63) is 0 Å². The Labute approximate surface area is 100 Å². The molecule has 0 heterocycles. The van der Waals surface area contributed by atoms with Gasteiger partial charge in [-0.3, -0.25) is 4.21 Å². The standard InChI is InChI=1S/C10H21NO3S2/c1-10(2)5-4-8(9(10)11)15(12)6-7-16(3,13)14/h8-9H,4-7,11H2,1-3H3. The molecular weight excluding hydrogens is 246 g/mol. The van der Waals surface area contributed by atoms with Crippen molar-refractivity contribution in [2.45, 2.75) is 38.0 Å². The van der Waals surface area contributed by atoms with Crippen molar-refractivity contribution in [2.24, 2.45) is 11.1 Å². The molecule has 0 aliphatic heterocycles. The summed E-state index contributed by atoms with van der Waals surface area (Å²) in [5.74, 6) is 0.205. The largest absolute Gasteiger partial charge is 0.326 e. The van der Waals surface area contributed by atoms with E-state index in [-0.39, 0.29) is 28.2 Å². The molecule has 6 heteroatoms. The summed E-state index contributed by atoms with van der Waals surface area (Å²) in [5, 5.41) is -0.0447. The van der Waals surface area contributed by atoms with Gasteiger partial charge in [-0.15, -0.1) is 0 Å². The maximum Gasteiger partial charge on any atom is 0.148 e. The lowest BCUT2D eigenvalue weighted by atomic mass is 9.88. The monoisotopic (exact) mass is 267 g/mol. The van der Waals surface area contributed by atoms with Crippen molar-refractivity contribution in [2.75, 3.05) is 17.8 Å². The molecule has 4 nitrogen and oxygen atoms in total. The quantitative estimate of drug-likeness (QED) is 0.794. The molecule has 3 atom stereocenters. The van der Waals surface area contributed by atoms with Gasteiger partial charge in [-0.25, -0.2) is 8.42 Å². The Morgan fingerprint density at radius 1 is 1.44 bits per heavy atom. The van der Waals surface area contributed by atoms with E-state index < -0.39 is 20.6 Å². The van der Waals surface area contributed by atoms with Crippen LogP contribution in [-0.2, 0) is 20.6 Å². The Kier molecular flexibility index (Phi) is 4.18. The van der Waals surface area contributed by atoms with Crippen LogP contribution in [0.1, 0.15) is 26.7 Å². The molecule has 1 rings (SSSR count). The number of nitrogens with two attached hydrogens (primary N) is 1. The van der Waals surface area contributed by atoms with Crippen LogP contribution in [0.4, 0.5) is 0 Å². The van der Waals surface area contributed by atoms with Crippen molar-refractivity contribution in [3.63, 3.8) is 0 Å². The minimum absolute atomic E-state index is 0.0107. The molecule has 0 bridgehead atoms. The average molecular weight is 267 g/mol. The zero-order valence-electron chi connectivity index (χ0n) is 10.1. The predicted octanol–water partition coefficient (Wildman–Crippen LogP) is 0.296. The lowest BCUT2D eigenvalue weighted by Crippen LogP contribution is -2.42. The first-order valence-electron chi connectivity index (χ1n) is 5.44. The van der Waals surface area contributed by atoms with E-state index in [9.17, 15) is 12.6 Å². The Morgan fingerprint density at radius 2 is 2.00 bits per heavy atom. The molecule has 0 saturated heterocycles. The van der Waals surface area contributed by atoms with Crippen molar-refractivity contribution in [3.8, 4) is 0 Å². The third-order valence-electron chi connectivity index (χ3n) is 3.37. The van der Waals surface area contributed by atoms with Crippen molar-refractivity contribution in [1.82, 2.24) is 0 Å². The first-order valence-corrected chi connectivity index (χ1v) is 8.88. The van der Waals surface area contributed by atoms with Gasteiger partial charge in [0.25, 0.3) is 0 Å². The van der Waals surface area contributed by atoms with Crippen molar-refractivity contribution in [1.29, 1.82) is 0 Å². The minimum atomic E-state index is -3.03. The van der Waals surface area contributed by atoms with Gasteiger partial charge < -0.3 is 5.73 Å². The third kappa shape index (κ3) is 3.53. The van der Waals surface area contributed by atoms with Crippen LogP contribution in [0.15, 0.2) is 0 Å². The van der Waals surface area contributed by atoms with E-state index in [0.717, 1.165) is 12.8 Å². The molecule has 0 radical (unpaired) electrons. The van der Waals surface area contributed by atoms with E-state index in [2.05, 4.69) is 13.8 Å². The maximum atomic E-state index is 12.0. The van der Waals surface area contributed by atoms with Gasteiger partial charge >= 0.3 is 0 Å². The van der Waals surface area contributed by atoms with Crippen LogP contribution in [0.3, 0.4) is 0 Å². The van der Waals surface area contributed by atoms with E-state index in [1.54, 1.807) is 0 Å². The van der Waals surface area contributed by atoms with Crippen LogP contribution < -0.4 is 5.73 Å². The minimum Gasteiger partial charge on any atom is -0.326 e. The highest BCUT2D eigenvalue weighted by molar-refractivity contribution is 7.92. The van der Waals surface area contributed by atoms with Gasteiger partial charge in [0.1, 0.15) is 9.84 Å². The van der Waals surface area contributed by atoms with E-state index >= 15 is 0 Å². The summed E-state index contributed by atoms with van der Waals surface area (Å²) in [5.41, 5.74) is 6.07. The van der Waals surface area contributed by atoms with E-state index in [1.165, 1.54) is 6.26 Å². The molecule has 1 aliphatic rings. The van der Waals surface area contributed by atoms with Crippen molar-refractivity contribution < 1.29 is 12.6 Å². The Morgan fingerprint density at radius 3 is 2.38 bits per heavy atom. The molecule has 0 amide bonds. The second kappa shape index (κ2) is 4.74. The molecule has 2 N–H and O–H groups in total. The van der Waals surface area contributed by atoms with Crippen LogP contribution in [0.5, 0.6) is 0 Å². The highest BCUT2D eigenvalue weighted by Crippen LogP contribution is 2.38. The van der Waals surface area contributed by atoms with Gasteiger partial charge in [0.2, 0.25) is 0 Å². The van der Waals surface area contributed by atoms with Gasteiger partial charge in [0, 0.05) is 28.9 Å². The van der Waals surface area contributed by atoms with E-state index in [0.29, 0.717) is 0 Å². The highest BCUT2D eigenvalue weighted by Gasteiger charge is 2.42. The molecule has 0 spiro atoms. The predicted molar refractivity (Wildman–Crippen MR) is 67.5 cm³/mol. The summed E-state index contributed by atoms with van der Waals surface area (Å²) >= 11 is 0. The molecule has 96 valence electrons. The number of hydrogen-bond donors (Lipinski definition) is 1. The van der Waals surface area contributed by atoms with Gasteiger partial charge in [0.05, 0.1) is 11.0 Å². The third-order valence-corrected chi connectivity index (χ3v) is 6.38. The molecule has 1 aliphatic carbocycles. The lowest BCUT2D eigenvalue weighted by Gasteiger charge is -2.26. The second-order valence-electron chi connectivity index (χ2n) is 5.31. The first-order chi connectivity index (χ1) is 7.13. The van der Waals surface area contributed by atoms with Crippen LogP contribution in [0.2, 0.25) is 0 Å². The maximum absolute atomic E-state index is 12.0. The molecule has 0 aromatic carbocycles. The SMILES string of the molecule is CC1(C)CCC(S(=O)CCS(C)(=O)=O)C1N. The summed E-state index contributed by atoms with van der Waals surface area (Å²) in [6, 6.07) is -0.0899. The zero-order valence-corrected chi connectivity index (χ0v) is 11.7. The van der Waals surface area contributed by atoms with E-state index in [4.69, 9.17) is 5.73 Å². The molecule has 1 saturated carbocycles. The Balaban J connectivity index is 2.57. The van der Waals surface area contributed by atoms with Crippen LogP contribution in [0, 0.1) is 5.41 Å². The first kappa shape index (κ1) is 14.1. The van der Waals surface area contributed by atoms with Crippen LogP contribution in [0.25, 0.3) is 0 Å². The van der Waals surface area contributed by atoms with Gasteiger partial charge in [-0.1, -0.05) is 13.8 Å². The van der Waals surface area contributed by atoms with Crippen LogP contribution in [-0.4, -0.2) is 41.7 Å². The fourth-order valence-electron chi connectivity index (χ4n) is 2.04. The number of rotatable bonds is 4. The highest BCUT2D eigenvalue weighted by atomic mass is 32.2. The normalized spacial score (nSPS) is 31.5. The molecule has 0 aromatic heterocycles. The van der Waals surface area contributed by atoms with E-state index in [1.807, 2.05) is 0 Å². The Hall–Kier alpha value is 0.0600. The lowest BCUT2D eigenvalue weighted by molar-refractivity contribution is 0.334. The number of sulfone groups is 1. The molecule has 1 fully saturated rings. The zero-order chi connectivity index (χ0) is 12.6. The van der Waals surface area contributed by atoms with Crippen molar-refractivity contribution >= 4 is 20.6 Å². The fraction of sp³-hybridized carbons (Fsp3) is 1.00. The molecule has 0 aromatic rings. The second-order valence-corrected chi connectivity index (χ2v) is 9.34. The topological polar surface area (TPSA) is 77.2 Å².